The van der Waals surface area contributed by atoms with Gasteiger partial charge in [0.2, 0.25) is 0 Å². The number of carbonyl (C=O) groups is 1. The number of hydrogen-bond acceptors (Lipinski definition) is 3. The minimum Gasteiger partial charge on any atom is -0.431 e. The van der Waals surface area contributed by atoms with Crippen LogP contribution in [-0.2, 0) is 9.53 Å². The average molecular weight is 417 g/mol. The monoisotopic (exact) mass is 416 g/mol. The van der Waals surface area contributed by atoms with Crippen molar-refractivity contribution in [2.24, 2.45) is 40.4 Å². The van der Waals surface area contributed by atoms with Crippen LogP contribution in [-0.4, -0.2) is 16.7 Å². The number of rotatable bonds is 5. The van der Waals surface area contributed by atoms with Crippen LogP contribution in [0.4, 0.5) is 0 Å². The van der Waals surface area contributed by atoms with E-state index in [0.29, 0.717) is 12.3 Å². The van der Waals surface area contributed by atoms with Crippen molar-refractivity contribution < 1.29 is 14.6 Å². The summed E-state index contributed by atoms with van der Waals surface area (Å²) in [5.74, 6) is 3.48. The largest absolute Gasteiger partial charge is 0.431 e. The molecular formula is C27H44O3. The van der Waals surface area contributed by atoms with Gasteiger partial charge in [0, 0.05) is 11.3 Å². The van der Waals surface area contributed by atoms with Crippen LogP contribution in [0.25, 0.3) is 0 Å². The van der Waals surface area contributed by atoms with Gasteiger partial charge in [0.25, 0.3) is 0 Å². The summed E-state index contributed by atoms with van der Waals surface area (Å²) in [6.45, 7) is 13.8. The molecule has 3 aliphatic carbocycles. The molecule has 1 heterocycles. The zero-order valence-corrected chi connectivity index (χ0v) is 20.2. The summed E-state index contributed by atoms with van der Waals surface area (Å²) in [7, 11) is 0. The highest BCUT2D eigenvalue weighted by atomic mass is 16.5. The molecule has 0 amide bonds. The first-order valence-corrected chi connectivity index (χ1v) is 12.7. The molecule has 2 saturated carbocycles. The van der Waals surface area contributed by atoms with Gasteiger partial charge in [0.05, 0.1) is 11.5 Å². The van der Waals surface area contributed by atoms with Gasteiger partial charge in [-0.15, -0.1) is 0 Å². The van der Waals surface area contributed by atoms with Crippen molar-refractivity contribution in [3.8, 4) is 0 Å². The fourth-order valence-corrected chi connectivity index (χ4v) is 7.82. The predicted octanol–water partition coefficient (Wildman–Crippen LogP) is 6.64. The standard InChI is InChI=1S/C27H44O3/c1-17(2)8-7-9-18(3)19-10-11-20-23-21(12-13-26(19,20)5)27(6)15-14-25(4,29)16-22(27)24(28)30-23/h17-20,22,29H,7-16H2,1-6H3/t18-,19-,20+,22-,25+,26-,27-/m1/s1. The Kier molecular flexibility index (Phi) is 5.70. The summed E-state index contributed by atoms with van der Waals surface area (Å²) in [6, 6.07) is 0. The molecule has 0 unspecified atom stereocenters. The zero-order valence-electron chi connectivity index (χ0n) is 20.2. The fourth-order valence-electron chi connectivity index (χ4n) is 7.82. The smallest absolute Gasteiger partial charge is 0.315 e. The van der Waals surface area contributed by atoms with Gasteiger partial charge in [-0.3, -0.25) is 4.79 Å². The fraction of sp³-hybridized carbons (Fsp3) is 0.889. The Labute approximate surface area is 184 Å². The number of esters is 1. The zero-order chi connectivity index (χ0) is 21.9. The lowest BCUT2D eigenvalue weighted by molar-refractivity contribution is -0.163. The highest BCUT2D eigenvalue weighted by Gasteiger charge is 2.60. The molecule has 0 aromatic heterocycles. The molecule has 0 bridgehead atoms. The molecule has 4 rings (SSSR count). The van der Waals surface area contributed by atoms with Crippen molar-refractivity contribution in [1.82, 2.24) is 0 Å². The first-order chi connectivity index (χ1) is 14.0. The van der Waals surface area contributed by atoms with E-state index in [1.54, 1.807) is 0 Å². The molecule has 1 N–H and O–H groups in total. The lowest BCUT2D eigenvalue weighted by atomic mass is 9.53. The van der Waals surface area contributed by atoms with E-state index >= 15 is 0 Å². The van der Waals surface area contributed by atoms with E-state index in [0.717, 1.165) is 42.8 Å². The van der Waals surface area contributed by atoms with Gasteiger partial charge in [-0.05, 0) is 80.6 Å². The quantitative estimate of drug-likeness (QED) is 0.511. The molecule has 0 radical (unpaired) electrons. The number of allylic oxidation sites excluding steroid dienone is 2. The summed E-state index contributed by atoms with van der Waals surface area (Å²) in [6.07, 6.45) is 10.9. The number of fused-ring (bicyclic) bond motifs is 4. The Morgan fingerprint density at radius 3 is 2.47 bits per heavy atom. The van der Waals surface area contributed by atoms with Crippen molar-refractivity contribution in [3.63, 3.8) is 0 Å². The maximum Gasteiger partial charge on any atom is 0.315 e. The molecule has 1 aliphatic heterocycles. The number of carbonyl (C=O) groups excluding carboxylic acids is 1. The van der Waals surface area contributed by atoms with Gasteiger partial charge in [-0.1, -0.05) is 53.9 Å². The summed E-state index contributed by atoms with van der Waals surface area (Å²) in [5, 5.41) is 10.6. The Morgan fingerprint density at radius 2 is 1.77 bits per heavy atom. The summed E-state index contributed by atoms with van der Waals surface area (Å²) >= 11 is 0. The van der Waals surface area contributed by atoms with Crippen LogP contribution in [0, 0.1) is 40.4 Å². The third-order valence-electron chi connectivity index (χ3n) is 9.85. The molecule has 0 aromatic rings. The SMILES string of the molecule is CC(C)CCC[C@@H](C)[C@H]1CC[C@H]2C3=C(CC[C@]12C)[C@@]1(C)CC[C@](C)(O)C[C@@H]1C(=O)O3. The van der Waals surface area contributed by atoms with Crippen LogP contribution in [0.2, 0.25) is 0 Å². The van der Waals surface area contributed by atoms with Gasteiger partial charge in [-0.25, -0.2) is 0 Å². The highest BCUT2D eigenvalue weighted by Crippen LogP contribution is 2.65. The van der Waals surface area contributed by atoms with E-state index in [1.165, 1.54) is 44.1 Å². The number of ether oxygens (including phenoxy) is 1. The lowest BCUT2D eigenvalue weighted by Gasteiger charge is -2.54. The molecule has 7 atom stereocenters. The molecule has 0 saturated heterocycles. The second kappa shape index (κ2) is 7.64. The maximum absolute atomic E-state index is 13.1. The molecule has 2 fully saturated rings. The summed E-state index contributed by atoms with van der Waals surface area (Å²) in [4.78, 5) is 13.1. The topological polar surface area (TPSA) is 46.5 Å². The first kappa shape index (κ1) is 22.4. The summed E-state index contributed by atoms with van der Waals surface area (Å²) in [5.41, 5.74) is 0.835. The van der Waals surface area contributed by atoms with Crippen LogP contribution < -0.4 is 0 Å². The Morgan fingerprint density at radius 1 is 1.03 bits per heavy atom. The predicted molar refractivity (Wildman–Crippen MR) is 121 cm³/mol. The molecule has 0 aromatic carbocycles. The third kappa shape index (κ3) is 3.57. The van der Waals surface area contributed by atoms with Gasteiger partial charge < -0.3 is 9.84 Å². The van der Waals surface area contributed by atoms with Crippen molar-refractivity contribution in [1.29, 1.82) is 0 Å². The molecule has 4 aliphatic rings. The molecular weight excluding hydrogens is 372 g/mol. The molecule has 3 nitrogen and oxygen atoms in total. The Hall–Kier alpha value is -0.830. The van der Waals surface area contributed by atoms with Crippen LogP contribution in [0.15, 0.2) is 11.3 Å². The van der Waals surface area contributed by atoms with Crippen LogP contribution in [0.3, 0.4) is 0 Å². The Balaban J connectivity index is 1.57. The van der Waals surface area contributed by atoms with Crippen LogP contribution in [0.1, 0.15) is 106 Å². The molecule has 3 heteroatoms. The highest BCUT2D eigenvalue weighted by molar-refractivity contribution is 5.77. The van der Waals surface area contributed by atoms with Crippen molar-refractivity contribution in [2.75, 3.05) is 0 Å². The minimum atomic E-state index is -0.742. The van der Waals surface area contributed by atoms with E-state index in [1.807, 2.05) is 6.92 Å². The van der Waals surface area contributed by atoms with Crippen LogP contribution in [0.5, 0.6) is 0 Å². The van der Waals surface area contributed by atoms with E-state index in [4.69, 9.17) is 4.74 Å². The van der Waals surface area contributed by atoms with Crippen molar-refractivity contribution in [3.05, 3.63) is 11.3 Å². The van der Waals surface area contributed by atoms with Gasteiger partial charge >= 0.3 is 5.97 Å². The lowest BCUT2D eigenvalue weighted by Crippen LogP contribution is -2.52. The van der Waals surface area contributed by atoms with Crippen molar-refractivity contribution >= 4 is 5.97 Å². The van der Waals surface area contributed by atoms with E-state index in [2.05, 4.69) is 34.6 Å². The average Bonchev–Trinajstić information content (AvgIpc) is 3.00. The van der Waals surface area contributed by atoms with Crippen molar-refractivity contribution in [2.45, 2.75) is 111 Å². The first-order valence-electron chi connectivity index (χ1n) is 12.7. The van der Waals surface area contributed by atoms with Gasteiger partial charge in [0.15, 0.2) is 0 Å². The summed E-state index contributed by atoms with van der Waals surface area (Å²) < 4.78 is 6.17. The van der Waals surface area contributed by atoms with E-state index in [-0.39, 0.29) is 22.7 Å². The van der Waals surface area contributed by atoms with Gasteiger partial charge in [-0.2, -0.15) is 0 Å². The molecule has 30 heavy (non-hydrogen) atoms. The van der Waals surface area contributed by atoms with Crippen LogP contribution >= 0.6 is 0 Å². The molecule has 0 spiro atoms. The second-order valence-electron chi connectivity index (χ2n) is 12.5. The van der Waals surface area contributed by atoms with E-state index in [9.17, 15) is 9.90 Å². The maximum atomic E-state index is 13.1. The minimum absolute atomic E-state index is 0.0751. The normalized spacial score (nSPS) is 44.4. The van der Waals surface area contributed by atoms with E-state index < -0.39 is 5.60 Å². The van der Waals surface area contributed by atoms with Gasteiger partial charge in [0.1, 0.15) is 5.76 Å². The number of aliphatic hydroxyl groups is 1. The number of hydrogen-bond donors (Lipinski definition) is 1. The molecule has 170 valence electrons. The third-order valence-corrected chi connectivity index (χ3v) is 9.85. The second-order valence-corrected chi connectivity index (χ2v) is 12.5. The Bertz CT molecular complexity index is 720.